The first-order valence-electron chi connectivity index (χ1n) is 5.70. The van der Waals surface area contributed by atoms with Crippen LogP contribution in [-0.2, 0) is 6.54 Å². The third kappa shape index (κ3) is 3.48. The van der Waals surface area contributed by atoms with Crippen LogP contribution < -0.4 is 10.6 Å². The molecule has 0 unspecified atom stereocenters. The number of carboxylic acids is 1. The van der Waals surface area contributed by atoms with Gasteiger partial charge >= 0.3 is 12.0 Å². The number of phenolic OH excluding ortho intramolecular Hbond substituents is 1. The van der Waals surface area contributed by atoms with E-state index in [2.05, 4.69) is 10.6 Å². The van der Waals surface area contributed by atoms with E-state index in [9.17, 15) is 9.59 Å². The molecule has 0 spiro atoms. The Kier molecular flexibility index (Phi) is 4.21. The first-order chi connectivity index (χ1) is 9.56. The van der Waals surface area contributed by atoms with Crippen molar-refractivity contribution in [3.63, 3.8) is 0 Å². The van der Waals surface area contributed by atoms with Gasteiger partial charge in [0.2, 0.25) is 0 Å². The molecule has 1 heterocycles. The summed E-state index contributed by atoms with van der Waals surface area (Å²) in [5.41, 5.74) is 0.886. The summed E-state index contributed by atoms with van der Waals surface area (Å²) >= 11 is 1.14. The molecule has 0 aliphatic heterocycles. The van der Waals surface area contributed by atoms with Crippen molar-refractivity contribution in [2.24, 2.45) is 0 Å². The second kappa shape index (κ2) is 6.07. The van der Waals surface area contributed by atoms with E-state index in [4.69, 9.17) is 10.2 Å². The highest BCUT2D eigenvalue weighted by Crippen LogP contribution is 2.22. The SMILES string of the molecule is O=C(NCc1ccc(O)cc1)Nc1sccc1C(=O)O. The summed E-state index contributed by atoms with van der Waals surface area (Å²) in [6.45, 7) is 0.278. The third-order valence-electron chi connectivity index (χ3n) is 2.51. The lowest BCUT2D eigenvalue weighted by Gasteiger charge is -2.07. The predicted molar refractivity (Wildman–Crippen MR) is 75.2 cm³/mol. The van der Waals surface area contributed by atoms with Gasteiger partial charge in [-0.2, -0.15) is 0 Å². The van der Waals surface area contributed by atoms with Gasteiger partial charge in [0.1, 0.15) is 10.8 Å². The van der Waals surface area contributed by atoms with Crippen molar-refractivity contribution < 1.29 is 19.8 Å². The van der Waals surface area contributed by atoms with Gasteiger partial charge in [0.15, 0.2) is 0 Å². The second-order valence-electron chi connectivity index (χ2n) is 3.94. The van der Waals surface area contributed by atoms with Crippen LogP contribution in [-0.4, -0.2) is 22.2 Å². The molecule has 1 aromatic carbocycles. The van der Waals surface area contributed by atoms with Gasteiger partial charge in [-0.25, -0.2) is 9.59 Å². The molecular weight excluding hydrogens is 280 g/mol. The molecule has 2 aromatic rings. The zero-order valence-corrected chi connectivity index (χ0v) is 11.1. The fourth-order valence-corrected chi connectivity index (χ4v) is 2.29. The van der Waals surface area contributed by atoms with Crippen molar-refractivity contribution >= 4 is 28.3 Å². The van der Waals surface area contributed by atoms with E-state index in [0.29, 0.717) is 5.00 Å². The summed E-state index contributed by atoms with van der Waals surface area (Å²) in [6.07, 6.45) is 0. The molecule has 6 nitrogen and oxygen atoms in total. The Morgan fingerprint density at radius 2 is 1.85 bits per heavy atom. The number of amides is 2. The van der Waals surface area contributed by atoms with Gasteiger partial charge in [0.05, 0.1) is 5.56 Å². The summed E-state index contributed by atoms with van der Waals surface area (Å²) in [6, 6.07) is 7.37. The molecule has 0 saturated heterocycles. The summed E-state index contributed by atoms with van der Waals surface area (Å²) in [5, 5.41) is 25.0. The average molecular weight is 292 g/mol. The lowest BCUT2D eigenvalue weighted by molar-refractivity contribution is 0.0698. The number of hydrogen-bond acceptors (Lipinski definition) is 4. The van der Waals surface area contributed by atoms with Crippen LogP contribution in [0.25, 0.3) is 0 Å². The zero-order valence-electron chi connectivity index (χ0n) is 10.3. The van der Waals surface area contributed by atoms with Crippen molar-refractivity contribution in [2.75, 3.05) is 5.32 Å². The summed E-state index contributed by atoms with van der Waals surface area (Å²) < 4.78 is 0. The van der Waals surface area contributed by atoms with Gasteiger partial charge in [-0.15, -0.1) is 11.3 Å². The second-order valence-corrected chi connectivity index (χ2v) is 4.86. The Balaban J connectivity index is 1.91. The highest BCUT2D eigenvalue weighted by Gasteiger charge is 2.13. The Bertz CT molecular complexity index is 622. The number of urea groups is 1. The quantitative estimate of drug-likeness (QED) is 0.695. The molecule has 104 valence electrons. The average Bonchev–Trinajstić information content (AvgIpc) is 2.86. The summed E-state index contributed by atoms with van der Waals surface area (Å²) in [7, 11) is 0. The molecule has 2 amide bonds. The summed E-state index contributed by atoms with van der Waals surface area (Å²) in [4.78, 5) is 22.6. The molecule has 20 heavy (non-hydrogen) atoms. The molecule has 0 saturated carbocycles. The number of carbonyl (C=O) groups is 2. The van der Waals surface area contributed by atoms with Gasteiger partial charge in [-0.05, 0) is 29.1 Å². The number of phenols is 1. The number of hydrogen-bond donors (Lipinski definition) is 4. The van der Waals surface area contributed by atoms with Crippen molar-refractivity contribution in [2.45, 2.75) is 6.54 Å². The van der Waals surface area contributed by atoms with E-state index in [1.165, 1.54) is 18.2 Å². The molecule has 0 radical (unpaired) electrons. The van der Waals surface area contributed by atoms with E-state index in [0.717, 1.165) is 16.9 Å². The fraction of sp³-hybridized carbons (Fsp3) is 0.0769. The Hall–Kier alpha value is -2.54. The minimum Gasteiger partial charge on any atom is -0.508 e. The van der Waals surface area contributed by atoms with Crippen LogP contribution in [0.4, 0.5) is 9.80 Å². The van der Waals surface area contributed by atoms with E-state index in [1.54, 1.807) is 17.5 Å². The predicted octanol–water partition coefficient (Wildman–Crippen LogP) is 2.47. The van der Waals surface area contributed by atoms with E-state index >= 15 is 0 Å². The minimum atomic E-state index is -1.08. The number of carbonyl (C=O) groups excluding carboxylic acids is 1. The first kappa shape index (κ1) is 13.9. The van der Waals surface area contributed by atoms with Crippen LogP contribution in [0.2, 0.25) is 0 Å². The molecule has 0 bridgehead atoms. The van der Waals surface area contributed by atoms with Gasteiger partial charge in [-0.3, -0.25) is 5.32 Å². The maximum atomic E-state index is 11.7. The highest BCUT2D eigenvalue weighted by atomic mass is 32.1. The maximum absolute atomic E-state index is 11.7. The van der Waals surface area contributed by atoms with Crippen molar-refractivity contribution in [1.29, 1.82) is 0 Å². The lowest BCUT2D eigenvalue weighted by Crippen LogP contribution is -2.28. The monoisotopic (exact) mass is 292 g/mol. The number of nitrogens with one attached hydrogen (secondary N) is 2. The van der Waals surface area contributed by atoms with Crippen LogP contribution >= 0.6 is 11.3 Å². The number of thiophene rings is 1. The maximum Gasteiger partial charge on any atom is 0.338 e. The van der Waals surface area contributed by atoms with E-state index < -0.39 is 12.0 Å². The number of aromatic hydroxyl groups is 1. The number of benzene rings is 1. The molecule has 0 fully saturated rings. The fourth-order valence-electron chi connectivity index (χ4n) is 1.52. The molecular formula is C13H12N2O4S. The minimum absolute atomic E-state index is 0.0646. The van der Waals surface area contributed by atoms with E-state index in [1.807, 2.05) is 0 Å². The van der Waals surface area contributed by atoms with Gasteiger partial charge in [-0.1, -0.05) is 12.1 Å². The van der Waals surface area contributed by atoms with Crippen molar-refractivity contribution in [3.8, 4) is 5.75 Å². The van der Waals surface area contributed by atoms with Crippen molar-refractivity contribution in [3.05, 3.63) is 46.8 Å². The Morgan fingerprint density at radius 1 is 1.15 bits per heavy atom. The third-order valence-corrected chi connectivity index (χ3v) is 3.34. The first-order valence-corrected chi connectivity index (χ1v) is 6.58. The van der Waals surface area contributed by atoms with Gasteiger partial charge in [0.25, 0.3) is 0 Å². The van der Waals surface area contributed by atoms with Crippen molar-refractivity contribution in [1.82, 2.24) is 5.32 Å². The highest BCUT2D eigenvalue weighted by molar-refractivity contribution is 7.14. The largest absolute Gasteiger partial charge is 0.508 e. The molecule has 1 aromatic heterocycles. The molecule has 7 heteroatoms. The van der Waals surface area contributed by atoms with Crippen LogP contribution in [0.5, 0.6) is 5.75 Å². The van der Waals surface area contributed by atoms with E-state index in [-0.39, 0.29) is 17.9 Å². The molecule has 0 atom stereocenters. The number of rotatable bonds is 4. The molecule has 0 aliphatic rings. The van der Waals surface area contributed by atoms with Crippen LogP contribution in [0.1, 0.15) is 15.9 Å². The smallest absolute Gasteiger partial charge is 0.338 e. The standard InChI is InChI=1S/C13H12N2O4S/c16-9-3-1-8(2-4-9)7-14-13(19)15-11-10(12(17)18)5-6-20-11/h1-6,16H,7H2,(H,17,18)(H2,14,15,19). The number of aromatic carboxylic acids is 1. The van der Waals surface area contributed by atoms with Gasteiger partial charge in [0, 0.05) is 6.54 Å². The Morgan fingerprint density at radius 3 is 2.50 bits per heavy atom. The normalized spacial score (nSPS) is 10.0. The number of carboxylic acid groups (broad SMARTS) is 1. The molecule has 0 aliphatic carbocycles. The molecule has 2 rings (SSSR count). The van der Waals surface area contributed by atoms with Crippen LogP contribution in [0, 0.1) is 0 Å². The zero-order chi connectivity index (χ0) is 14.5. The van der Waals surface area contributed by atoms with Gasteiger partial charge < -0.3 is 15.5 Å². The topological polar surface area (TPSA) is 98.7 Å². The van der Waals surface area contributed by atoms with Crippen LogP contribution in [0.15, 0.2) is 35.7 Å². The lowest BCUT2D eigenvalue weighted by atomic mass is 10.2. The Labute approximate surface area is 118 Å². The molecule has 4 N–H and O–H groups in total. The number of anilines is 1. The summed E-state index contributed by atoms with van der Waals surface area (Å²) in [5.74, 6) is -0.928. The van der Waals surface area contributed by atoms with Crippen LogP contribution in [0.3, 0.4) is 0 Å².